The van der Waals surface area contributed by atoms with Crippen molar-refractivity contribution in [3.8, 4) is 11.5 Å². The van der Waals surface area contributed by atoms with Gasteiger partial charge < -0.3 is 14.0 Å². The Morgan fingerprint density at radius 3 is 2.46 bits per heavy atom. The summed E-state index contributed by atoms with van der Waals surface area (Å²) < 4.78 is 13.5. The predicted molar refractivity (Wildman–Crippen MR) is 95.0 cm³/mol. The highest BCUT2D eigenvalue weighted by atomic mass is 32.1. The fourth-order valence-corrected chi connectivity index (χ4v) is 3.55. The Morgan fingerprint density at radius 2 is 1.79 bits per heavy atom. The minimum atomic E-state index is -0.241. The molecule has 6 heteroatoms. The second-order valence-electron chi connectivity index (χ2n) is 5.35. The van der Waals surface area contributed by atoms with Crippen LogP contribution >= 0.6 is 11.3 Å². The van der Waals surface area contributed by atoms with E-state index in [-0.39, 0.29) is 5.91 Å². The number of carbonyl (C=O) groups is 1. The Balaban J connectivity index is 2.15. The predicted octanol–water partition coefficient (Wildman–Crippen LogP) is 3.31. The van der Waals surface area contributed by atoms with Gasteiger partial charge in [-0.2, -0.15) is 4.99 Å². The highest BCUT2D eigenvalue weighted by Crippen LogP contribution is 2.33. The van der Waals surface area contributed by atoms with Crippen LogP contribution in [0.1, 0.15) is 15.9 Å². The van der Waals surface area contributed by atoms with Crippen LogP contribution in [0.25, 0.3) is 10.2 Å². The van der Waals surface area contributed by atoms with E-state index in [0.29, 0.717) is 21.9 Å². The minimum Gasteiger partial charge on any atom is -0.493 e. The number of hydrogen-bond acceptors (Lipinski definition) is 4. The molecule has 0 bridgehead atoms. The maximum atomic E-state index is 12.5. The van der Waals surface area contributed by atoms with E-state index in [0.717, 1.165) is 15.8 Å². The molecule has 0 atom stereocenters. The highest BCUT2D eigenvalue weighted by molar-refractivity contribution is 7.16. The number of aromatic nitrogens is 1. The van der Waals surface area contributed by atoms with Crippen molar-refractivity contribution in [1.29, 1.82) is 0 Å². The van der Waals surface area contributed by atoms with Crippen LogP contribution in [-0.2, 0) is 7.05 Å². The van der Waals surface area contributed by atoms with Crippen molar-refractivity contribution in [3.63, 3.8) is 0 Å². The summed E-state index contributed by atoms with van der Waals surface area (Å²) in [4.78, 5) is 17.4. The first kappa shape index (κ1) is 16.3. The largest absolute Gasteiger partial charge is 0.493 e. The molecule has 1 aromatic heterocycles. The van der Waals surface area contributed by atoms with E-state index in [9.17, 15) is 4.79 Å². The molecule has 1 heterocycles. The first-order chi connectivity index (χ1) is 11.5. The summed E-state index contributed by atoms with van der Waals surface area (Å²) in [5.74, 6) is 1.06. The number of carbonyl (C=O) groups excluding carboxylic acids is 1. The average Bonchev–Trinajstić information content (AvgIpc) is 2.89. The Bertz CT molecular complexity index is 986. The van der Waals surface area contributed by atoms with E-state index in [4.69, 9.17) is 9.47 Å². The van der Waals surface area contributed by atoms with Crippen LogP contribution in [0.3, 0.4) is 0 Å². The lowest BCUT2D eigenvalue weighted by atomic mass is 10.1. The molecule has 0 N–H and O–H groups in total. The van der Waals surface area contributed by atoms with Gasteiger partial charge >= 0.3 is 0 Å². The van der Waals surface area contributed by atoms with Gasteiger partial charge in [0.2, 0.25) is 0 Å². The lowest BCUT2D eigenvalue weighted by molar-refractivity contribution is 0.0997. The van der Waals surface area contributed by atoms with E-state index in [2.05, 4.69) is 4.99 Å². The lowest BCUT2D eigenvalue weighted by Crippen LogP contribution is -2.13. The molecule has 3 aromatic rings. The molecule has 0 saturated carbocycles. The second-order valence-corrected chi connectivity index (χ2v) is 6.36. The molecule has 1 amide bonds. The molecule has 0 unspecified atom stereocenters. The molecule has 0 aliphatic rings. The van der Waals surface area contributed by atoms with E-state index in [1.807, 2.05) is 48.9 Å². The van der Waals surface area contributed by atoms with Gasteiger partial charge in [0.05, 0.1) is 24.4 Å². The highest BCUT2D eigenvalue weighted by Gasteiger charge is 2.12. The molecule has 0 saturated heterocycles. The summed E-state index contributed by atoms with van der Waals surface area (Å²) in [5, 5.41) is 0. The van der Waals surface area contributed by atoms with Crippen molar-refractivity contribution in [1.82, 2.24) is 4.57 Å². The molecule has 5 nitrogen and oxygen atoms in total. The van der Waals surface area contributed by atoms with Crippen LogP contribution in [0, 0.1) is 6.92 Å². The molecular formula is C18H18N2O3S. The number of ether oxygens (including phenoxy) is 2. The van der Waals surface area contributed by atoms with Crippen LogP contribution in [0.15, 0.2) is 41.4 Å². The Labute approximate surface area is 143 Å². The average molecular weight is 342 g/mol. The van der Waals surface area contributed by atoms with Gasteiger partial charge in [0.1, 0.15) is 0 Å². The van der Waals surface area contributed by atoms with Gasteiger partial charge in [-0.05, 0) is 18.6 Å². The number of aryl methyl sites for hydroxylation is 2. The smallest absolute Gasteiger partial charge is 0.279 e. The molecule has 3 rings (SSSR count). The summed E-state index contributed by atoms with van der Waals surface area (Å²) in [6.07, 6.45) is 0. The number of amides is 1. The summed E-state index contributed by atoms with van der Waals surface area (Å²) >= 11 is 1.44. The maximum absolute atomic E-state index is 12.5. The molecule has 0 radical (unpaired) electrons. The van der Waals surface area contributed by atoms with Gasteiger partial charge in [0.25, 0.3) is 5.91 Å². The first-order valence-corrected chi connectivity index (χ1v) is 8.23. The number of fused-ring (bicyclic) bond motifs is 1. The topological polar surface area (TPSA) is 52.8 Å². The van der Waals surface area contributed by atoms with E-state index in [1.165, 1.54) is 11.3 Å². The summed E-state index contributed by atoms with van der Waals surface area (Å²) in [5.41, 5.74) is 2.47. The molecule has 2 aromatic carbocycles. The van der Waals surface area contributed by atoms with Crippen molar-refractivity contribution >= 4 is 27.5 Å². The number of hydrogen-bond donors (Lipinski definition) is 0. The number of benzene rings is 2. The third-order valence-corrected chi connectivity index (χ3v) is 4.98. The lowest BCUT2D eigenvalue weighted by Gasteiger charge is -2.07. The summed E-state index contributed by atoms with van der Waals surface area (Å²) in [6, 6.07) is 11.2. The van der Waals surface area contributed by atoms with Crippen molar-refractivity contribution in [2.45, 2.75) is 6.92 Å². The van der Waals surface area contributed by atoms with E-state index < -0.39 is 0 Å². The monoisotopic (exact) mass is 342 g/mol. The van der Waals surface area contributed by atoms with E-state index in [1.54, 1.807) is 20.3 Å². The van der Waals surface area contributed by atoms with Crippen molar-refractivity contribution in [3.05, 3.63) is 52.3 Å². The number of nitrogens with zero attached hydrogens (tertiary/aromatic N) is 2. The fraction of sp³-hybridized carbons (Fsp3) is 0.222. The van der Waals surface area contributed by atoms with Gasteiger partial charge in [0.15, 0.2) is 16.3 Å². The van der Waals surface area contributed by atoms with E-state index >= 15 is 0 Å². The van der Waals surface area contributed by atoms with Gasteiger partial charge in [-0.15, -0.1) is 0 Å². The molecule has 0 fully saturated rings. The van der Waals surface area contributed by atoms with Gasteiger partial charge in [-0.25, -0.2) is 0 Å². The number of methoxy groups -OCH3 is 2. The second kappa shape index (κ2) is 6.49. The standard InChI is InChI=1S/C18H18N2O3S/c1-11-7-5-6-8-12(11)17(21)19-18-20(2)13-9-14(22-3)15(23-4)10-16(13)24-18/h5-10H,1-4H3. The first-order valence-electron chi connectivity index (χ1n) is 7.41. The fourth-order valence-electron chi connectivity index (χ4n) is 2.52. The van der Waals surface area contributed by atoms with Crippen LogP contribution in [0.5, 0.6) is 11.5 Å². The Kier molecular flexibility index (Phi) is 4.40. The molecule has 124 valence electrons. The van der Waals surface area contributed by atoms with Gasteiger partial charge in [-0.1, -0.05) is 29.5 Å². The molecule has 0 aliphatic carbocycles. The van der Waals surface area contributed by atoms with Crippen LogP contribution in [-0.4, -0.2) is 24.7 Å². The number of rotatable bonds is 3. The summed E-state index contributed by atoms with van der Waals surface area (Å²) in [6.45, 7) is 1.91. The van der Waals surface area contributed by atoms with Gasteiger partial charge in [0, 0.05) is 24.7 Å². The zero-order valence-corrected chi connectivity index (χ0v) is 14.8. The Hall–Kier alpha value is -2.60. The number of thiazole rings is 1. The maximum Gasteiger partial charge on any atom is 0.279 e. The minimum absolute atomic E-state index is 0.241. The van der Waals surface area contributed by atoms with Crippen molar-refractivity contribution in [2.24, 2.45) is 12.0 Å². The molecular weight excluding hydrogens is 324 g/mol. The Morgan fingerprint density at radius 1 is 1.12 bits per heavy atom. The van der Waals surface area contributed by atoms with Crippen LogP contribution in [0.4, 0.5) is 0 Å². The third kappa shape index (κ3) is 2.80. The molecule has 0 aliphatic heterocycles. The quantitative estimate of drug-likeness (QED) is 0.734. The van der Waals surface area contributed by atoms with Crippen molar-refractivity contribution < 1.29 is 14.3 Å². The van der Waals surface area contributed by atoms with Crippen LogP contribution in [0.2, 0.25) is 0 Å². The normalized spacial score (nSPS) is 11.8. The van der Waals surface area contributed by atoms with Crippen LogP contribution < -0.4 is 14.3 Å². The third-order valence-electron chi connectivity index (χ3n) is 3.89. The van der Waals surface area contributed by atoms with Crippen molar-refractivity contribution in [2.75, 3.05) is 14.2 Å². The zero-order valence-electron chi connectivity index (χ0n) is 14.0. The van der Waals surface area contributed by atoms with Gasteiger partial charge in [-0.3, -0.25) is 4.79 Å². The molecule has 24 heavy (non-hydrogen) atoms. The summed E-state index contributed by atoms with van der Waals surface area (Å²) in [7, 11) is 5.09. The zero-order chi connectivity index (χ0) is 17.3. The molecule has 0 spiro atoms. The SMILES string of the molecule is COc1cc2sc(=NC(=O)c3ccccc3C)n(C)c2cc1OC.